The van der Waals surface area contributed by atoms with Crippen LogP contribution in [0, 0.1) is 0 Å². The van der Waals surface area contributed by atoms with Crippen LogP contribution in [0.5, 0.6) is 0 Å². The van der Waals surface area contributed by atoms with E-state index in [4.69, 9.17) is 0 Å². The molecule has 12 rings (SSSR count). The van der Waals surface area contributed by atoms with Gasteiger partial charge in [-0.15, -0.1) is 0 Å². The molecule has 0 atom stereocenters. The van der Waals surface area contributed by atoms with Gasteiger partial charge in [0.2, 0.25) is 0 Å². The first kappa shape index (κ1) is 35.3. The van der Waals surface area contributed by atoms with Crippen LogP contribution in [0.3, 0.4) is 0 Å². The molecule has 1 heterocycles. The molecule has 0 aliphatic heterocycles. The predicted octanol–water partition coefficient (Wildman–Crippen LogP) is 16.2. The van der Waals surface area contributed by atoms with Crippen molar-refractivity contribution in [1.82, 2.24) is 4.57 Å². The number of nitrogens with zero attached hydrogens (tertiary/aromatic N) is 2. The molecule has 0 N–H and O–H groups in total. The number of benzene rings is 10. The van der Waals surface area contributed by atoms with Crippen LogP contribution in [-0.2, 0) is 5.41 Å². The molecule has 10 aromatic carbocycles. The molecule has 11 aromatic rings. The summed E-state index contributed by atoms with van der Waals surface area (Å²) in [6.07, 6.45) is 0. The summed E-state index contributed by atoms with van der Waals surface area (Å²) in [5.74, 6) is 0. The molecule has 0 fully saturated rings. The van der Waals surface area contributed by atoms with Crippen molar-refractivity contribution in [2.75, 3.05) is 4.90 Å². The topological polar surface area (TPSA) is 8.17 Å². The van der Waals surface area contributed by atoms with Gasteiger partial charge in [0.05, 0.1) is 16.7 Å². The average molecular weight is 779 g/mol. The molecule has 1 aliphatic carbocycles. The van der Waals surface area contributed by atoms with Gasteiger partial charge in [-0.3, -0.25) is 0 Å². The molecule has 0 saturated carbocycles. The van der Waals surface area contributed by atoms with Gasteiger partial charge >= 0.3 is 0 Å². The highest BCUT2D eigenvalue weighted by molar-refractivity contribution is 6.22. The van der Waals surface area contributed by atoms with E-state index in [-0.39, 0.29) is 5.41 Å². The summed E-state index contributed by atoms with van der Waals surface area (Å²) in [5.41, 5.74) is 16.9. The Hall–Kier alpha value is -7.68. The second kappa shape index (κ2) is 13.7. The fourth-order valence-electron chi connectivity index (χ4n) is 10.4. The minimum absolute atomic E-state index is 0.209. The van der Waals surface area contributed by atoms with Crippen molar-refractivity contribution in [1.29, 1.82) is 0 Å². The van der Waals surface area contributed by atoms with Crippen molar-refractivity contribution in [2.45, 2.75) is 19.3 Å². The number of rotatable bonds is 6. The number of hydrogen-bond acceptors (Lipinski definition) is 1. The van der Waals surface area contributed by atoms with E-state index in [2.05, 4.69) is 242 Å². The number of hydrogen-bond donors (Lipinski definition) is 0. The van der Waals surface area contributed by atoms with Gasteiger partial charge in [0.25, 0.3) is 0 Å². The molecule has 0 radical (unpaired) electrons. The third-order valence-corrected chi connectivity index (χ3v) is 13.1. The first-order chi connectivity index (χ1) is 30.0. The molecule has 2 nitrogen and oxygen atoms in total. The summed E-state index contributed by atoms with van der Waals surface area (Å²) in [6.45, 7) is 4.77. The Bertz CT molecular complexity index is 3480. The predicted molar refractivity (Wildman–Crippen MR) is 259 cm³/mol. The summed E-state index contributed by atoms with van der Waals surface area (Å²) >= 11 is 0. The van der Waals surface area contributed by atoms with Crippen LogP contribution in [0.15, 0.2) is 218 Å². The monoisotopic (exact) mass is 778 g/mol. The van der Waals surface area contributed by atoms with Gasteiger partial charge in [0.1, 0.15) is 0 Å². The quantitative estimate of drug-likeness (QED) is 0.163. The van der Waals surface area contributed by atoms with Crippen LogP contribution in [0.1, 0.15) is 25.0 Å². The summed E-state index contributed by atoms with van der Waals surface area (Å²) in [7, 11) is 0. The maximum absolute atomic E-state index is 2.50. The van der Waals surface area contributed by atoms with E-state index in [1.54, 1.807) is 0 Å². The summed E-state index contributed by atoms with van der Waals surface area (Å²) in [6, 6.07) is 80.4. The van der Waals surface area contributed by atoms with E-state index in [9.17, 15) is 0 Å². The lowest BCUT2D eigenvalue weighted by atomic mass is 9.81. The van der Waals surface area contributed by atoms with Crippen molar-refractivity contribution in [3.8, 4) is 39.1 Å². The van der Waals surface area contributed by atoms with Gasteiger partial charge < -0.3 is 9.47 Å². The molecule has 0 saturated heterocycles. The third-order valence-electron chi connectivity index (χ3n) is 13.1. The number of para-hydroxylation sites is 1. The minimum atomic E-state index is -0.209. The second-order valence-corrected chi connectivity index (χ2v) is 16.9. The van der Waals surface area contributed by atoms with Gasteiger partial charge in [0, 0.05) is 33.2 Å². The third kappa shape index (κ3) is 5.42. The van der Waals surface area contributed by atoms with Crippen molar-refractivity contribution >= 4 is 60.4 Å². The molecule has 61 heavy (non-hydrogen) atoms. The van der Waals surface area contributed by atoms with Crippen LogP contribution in [-0.4, -0.2) is 4.57 Å². The lowest BCUT2D eigenvalue weighted by Gasteiger charge is -2.32. The van der Waals surface area contributed by atoms with Gasteiger partial charge in [-0.05, 0) is 115 Å². The van der Waals surface area contributed by atoms with Gasteiger partial charge in [-0.2, -0.15) is 0 Å². The van der Waals surface area contributed by atoms with Crippen molar-refractivity contribution in [3.63, 3.8) is 0 Å². The van der Waals surface area contributed by atoms with E-state index in [1.807, 2.05) is 0 Å². The maximum atomic E-state index is 2.50. The molecule has 2 heteroatoms. The van der Waals surface area contributed by atoms with E-state index in [0.29, 0.717) is 0 Å². The van der Waals surface area contributed by atoms with Crippen molar-refractivity contribution in [2.24, 2.45) is 0 Å². The van der Waals surface area contributed by atoms with Crippen molar-refractivity contribution < 1.29 is 0 Å². The maximum Gasteiger partial charge on any atom is 0.0562 e. The molecule has 1 aliphatic rings. The Labute approximate surface area is 356 Å². The van der Waals surface area contributed by atoms with Crippen LogP contribution in [0.2, 0.25) is 0 Å². The number of fused-ring (bicyclic) bond motifs is 9. The lowest BCUT2D eigenvalue weighted by molar-refractivity contribution is 0.661. The molecular formula is C59H42N2. The normalized spacial score (nSPS) is 12.9. The van der Waals surface area contributed by atoms with E-state index < -0.39 is 0 Å². The Morgan fingerprint density at radius 3 is 1.79 bits per heavy atom. The summed E-state index contributed by atoms with van der Waals surface area (Å²) in [5, 5.41) is 7.54. The average Bonchev–Trinajstić information content (AvgIpc) is 3.78. The van der Waals surface area contributed by atoms with Gasteiger partial charge in [-0.1, -0.05) is 184 Å². The summed E-state index contributed by atoms with van der Waals surface area (Å²) in [4.78, 5) is 2.50. The highest BCUT2D eigenvalue weighted by Gasteiger charge is 2.38. The fraction of sp³-hybridized carbons (Fsp3) is 0.0508. The zero-order valence-corrected chi connectivity index (χ0v) is 34.2. The smallest absolute Gasteiger partial charge is 0.0562 e. The molecule has 0 bridgehead atoms. The molecular weight excluding hydrogens is 737 g/mol. The highest BCUT2D eigenvalue weighted by Crippen LogP contribution is 2.54. The lowest BCUT2D eigenvalue weighted by Crippen LogP contribution is -2.20. The first-order valence-electron chi connectivity index (χ1n) is 21.3. The van der Waals surface area contributed by atoms with E-state index >= 15 is 0 Å². The summed E-state index contributed by atoms with van der Waals surface area (Å²) < 4.78 is 2.45. The van der Waals surface area contributed by atoms with Crippen molar-refractivity contribution in [3.05, 3.63) is 230 Å². The van der Waals surface area contributed by atoms with E-state index in [1.165, 1.54) is 93.5 Å². The van der Waals surface area contributed by atoms with Crippen LogP contribution in [0.4, 0.5) is 17.1 Å². The van der Waals surface area contributed by atoms with Crippen LogP contribution in [0.25, 0.3) is 82.4 Å². The second-order valence-electron chi connectivity index (χ2n) is 16.9. The number of aromatic nitrogens is 1. The Balaban J connectivity index is 1.10. The highest BCUT2D eigenvalue weighted by atomic mass is 15.1. The van der Waals surface area contributed by atoms with Crippen LogP contribution < -0.4 is 4.90 Å². The molecule has 288 valence electrons. The Morgan fingerprint density at radius 1 is 0.393 bits per heavy atom. The Morgan fingerprint density at radius 2 is 1.00 bits per heavy atom. The molecule has 0 spiro atoms. The zero-order chi connectivity index (χ0) is 40.7. The zero-order valence-electron chi connectivity index (χ0n) is 34.2. The SMILES string of the molecule is CC1(C)c2ccccc2-c2cccc(N(c3ccc(-c4cccc5cccc(-c6ccccc6)c45)cc3)c3ccc4c5c6ccccc6ccc5n(-c5ccccc5)c4c3)c21. The van der Waals surface area contributed by atoms with Crippen LogP contribution >= 0.6 is 0 Å². The molecule has 1 aromatic heterocycles. The van der Waals surface area contributed by atoms with E-state index in [0.717, 1.165) is 17.1 Å². The Kier molecular flexibility index (Phi) is 7.92. The number of anilines is 3. The minimum Gasteiger partial charge on any atom is -0.310 e. The standard InChI is InChI=1S/C59H42N2/c1-59(2)52-28-12-11-24-49(52)50-27-15-29-54(58(50)59)60(44-33-30-41(31-34-44)47-26-14-20-42-19-13-25-46(56(42)47)39-16-5-3-6-17-39)45-35-36-51-55(38-45)61(43-21-7-4-8-22-43)53-37-32-40-18-9-10-23-48(40)57(51)53/h3-38H,1-2H3. The molecule has 0 amide bonds. The molecule has 0 unspecified atom stereocenters. The van der Waals surface area contributed by atoms with Gasteiger partial charge in [-0.25, -0.2) is 0 Å². The largest absolute Gasteiger partial charge is 0.310 e. The van der Waals surface area contributed by atoms with Gasteiger partial charge in [0.15, 0.2) is 0 Å². The fourth-order valence-corrected chi connectivity index (χ4v) is 10.4. The first-order valence-corrected chi connectivity index (χ1v) is 21.3.